The summed E-state index contributed by atoms with van der Waals surface area (Å²) < 4.78 is 0. The molecule has 1 aliphatic rings. The highest BCUT2D eigenvalue weighted by molar-refractivity contribution is 7.16. The number of hydrogen-bond acceptors (Lipinski definition) is 6. The molecule has 6 nitrogen and oxygen atoms in total. The summed E-state index contributed by atoms with van der Waals surface area (Å²) in [5, 5.41) is 7.16. The van der Waals surface area contributed by atoms with Gasteiger partial charge in [-0.2, -0.15) is 0 Å². The molecule has 0 aliphatic heterocycles. The lowest BCUT2D eigenvalue weighted by Crippen LogP contribution is -2.36. The van der Waals surface area contributed by atoms with Gasteiger partial charge >= 0.3 is 0 Å². The fourth-order valence-corrected chi connectivity index (χ4v) is 3.70. The number of amides is 1. The highest BCUT2D eigenvalue weighted by Crippen LogP contribution is 2.21. The largest absolute Gasteiger partial charge is 0.350 e. The first-order valence-corrected chi connectivity index (χ1v) is 9.39. The van der Waals surface area contributed by atoms with Gasteiger partial charge in [0.15, 0.2) is 10.8 Å². The first-order chi connectivity index (χ1) is 11.8. The Balaban J connectivity index is 1.43. The first-order valence-electron chi connectivity index (χ1n) is 8.58. The van der Waals surface area contributed by atoms with Crippen LogP contribution in [0.2, 0.25) is 0 Å². The third kappa shape index (κ3) is 4.82. The normalized spacial score (nSPS) is 15.8. The van der Waals surface area contributed by atoms with E-state index in [9.17, 15) is 4.79 Å². The van der Waals surface area contributed by atoms with Crippen molar-refractivity contribution in [3.05, 3.63) is 29.5 Å². The van der Waals surface area contributed by atoms with Crippen molar-refractivity contribution in [3.63, 3.8) is 0 Å². The molecule has 7 heteroatoms. The molecule has 2 aromatic rings. The second-order valence-corrected chi connectivity index (χ2v) is 7.03. The Morgan fingerprint density at radius 3 is 2.58 bits per heavy atom. The molecule has 1 amide bonds. The van der Waals surface area contributed by atoms with Gasteiger partial charge in [0.2, 0.25) is 0 Å². The van der Waals surface area contributed by atoms with Crippen molar-refractivity contribution in [2.45, 2.75) is 44.6 Å². The highest BCUT2D eigenvalue weighted by atomic mass is 32.1. The Hall–Kier alpha value is -1.86. The van der Waals surface area contributed by atoms with Gasteiger partial charge in [-0.3, -0.25) is 4.79 Å². The summed E-state index contributed by atoms with van der Waals surface area (Å²) in [6, 6.07) is 2.36. The minimum absolute atomic E-state index is 0.0858. The SMILES string of the molecule is O=C(NCCNC1CCCCCC1)c1cnc(-c2ncccn2)s1. The van der Waals surface area contributed by atoms with Crippen molar-refractivity contribution < 1.29 is 4.79 Å². The van der Waals surface area contributed by atoms with Gasteiger partial charge in [-0.05, 0) is 18.9 Å². The van der Waals surface area contributed by atoms with Crippen LogP contribution in [-0.4, -0.2) is 40.0 Å². The van der Waals surface area contributed by atoms with Crippen molar-refractivity contribution in [1.82, 2.24) is 25.6 Å². The van der Waals surface area contributed by atoms with Crippen LogP contribution in [0.25, 0.3) is 10.8 Å². The Bertz CT molecular complexity index is 637. The molecule has 2 aromatic heterocycles. The van der Waals surface area contributed by atoms with Crippen molar-refractivity contribution in [1.29, 1.82) is 0 Å². The van der Waals surface area contributed by atoms with Gasteiger partial charge in [-0.1, -0.05) is 25.7 Å². The van der Waals surface area contributed by atoms with E-state index in [0.29, 0.717) is 28.3 Å². The van der Waals surface area contributed by atoms with Crippen LogP contribution in [-0.2, 0) is 0 Å². The predicted molar refractivity (Wildman–Crippen MR) is 95.0 cm³/mol. The third-order valence-corrected chi connectivity index (χ3v) is 5.18. The van der Waals surface area contributed by atoms with Gasteiger partial charge in [-0.25, -0.2) is 15.0 Å². The van der Waals surface area contributed by atoms with E-state index in [0.717, 1.165) is 6.54 Å². The van der Waals surface area contributed by atoms with Crippen LogP contribution in [0.5, 0.6) is 0 Å². The standard InChI is InChI=1S/C17H23N5OS/c23-16(21-11-10-18-13-6-3-1-2-4-7-13)14-12-22-17(24-14)15-19-8-5-9-20-15/h5,8-9,12-13,18H,1-4,6-7,10-11H2,(H,21,23). The molecule has 0 saturated heterocycles. The van der Waals surface area contributed by atoms with Gasteiger partial charge in [0, 0.05) is 31.5 Å². The van der Waals surface area contributed by atoms with E-state index in [-0.39, 0.29) is 5.91 Å². The summed E-state index contributed by atoms with van der Waals surface area (Å²) in [6.07, 6.45) is 12.8. The highest BCUT2D eigenvalue weighted by Gasteiger charge is 2.14. The van der Waals surface area contributed by atoms with Crippen LogP contribution >= 0.6 is 11.3 Å². The van der Waals surface area contributed by atoms with E-state index < -0.39 is 0 Å². The van der Waals surface area contributed by atoms with Crippen molar-refractivity contribution in [2.75, 3.05) is 13.1 Å². The number of aromatic nitrogens is 3. The van der Waals surface area contributed by atoms with E-state index in [1.165, 1.54) is 49.9 Å². The minimum Gasteiger partial charge on any atom is -0.350 e. The molecule has 1 aliphatic carbocycles. The van der Waals surface area contributed by atoms with Gasteiger partial charge in [0.1, 0.15) is 4.88 Å². The summed E-state index contributed by atoms with van der Waals surface area (Å²) >= 11 is 1.31. The predicted octanol–water partition coefficient (Wildman–Crippen LogP) is 2.64. The molecular weight excluding hydrogens is 322 g/mol. The zero-order valence-corrected chi connectivity index (χ0v) is 14.5. The fraction of sp³-hybridized carbons (Fsp3) is 0.529. The molecule has 3 rings (SSSR count). The second kappa shape index (κ2) is 8.84. The Morgan fingerprint density at radius 1 is 1.08 bits per heavy atom. The summed E-state index contributed by atoms with van der Waals surface area (Å²) in [5.41, 5.74) is 0. The summed E-state index contributed by atoms with van der Waals surface area (Å²) in [5.74, 6) is 0.467. The first kappa shape index (κ1) is 17.0. The molecule has 2 heterocycles. The second-order valence-electron chi connectivity index (χ2n) is 6.00. The van der Waals surface area contributed by atoms with Crippen molar-refractivity contribution >= 4 is 17.2 Å². The molecule has 0 bridgehead atoms. The average Bonchev–Trinajstić information content (AvgIpc) is 2.97. The van der Waals surface area contributed by atoms with Crippen LogP contribution in [0.4, 0.5) is 0 Å². The van der Waals surface area contributed by atoms with Crippen LogP contribution in [0, 0.1) is 0 Å². The van der Waals surface area contributed by atoms with Gasteiger partial charge < -0.3 is 10.6 Å². The molecule has 128 valence electrons. The minimum atomic E-state index is -0.0858. The van der Waals surface area contributed by atoms with Crippen LogP contribution in [0.15, 0.2) is 24.7 Å². The molecule has 1 fully saturated rings. The van der Waals surface area contributed by atoms with Gasteiger partial charge in [0.25, 0.3) is 5.91 Å². The number of rotatable bonds is 6. The Labute approximate surface area is 146 Å². The summed E-state index contributed by atoms with van der Waals surface area (Å²) in [4.78, 5) is 25.3. The maximum Gasteiger partial charge on any atom is 0.263 e. The fourth-order valence-electron chi connectivity index (χ4n) is 2.91. The number of nitrogens with zero attached hydrogens (tertiary/aromatic N) is 3. The molecule has 0 radical (unpaired) electrons. The van der Waals surface area contributed by atoms with Crippen molar-refractivity contribution in [3.8, 4) is 10.8 Å². The van der Waals surface area contributed by atoms with Crippen LogP contribution < -0.4 is 10.6 Å². The summed E-state index contributed by atoms with van der Waals surface area (Å²) in [6.45, 7) is 1.44. The average molecular weight is 345 g/mol. The molecule has 1 saturated carbocycles. The molecule has 0 unspecified atom stereocenters. The lowest BCUT2D eigenvalue weighted by molar-refractivity contribution is 0.0957. The van der Waals surface area contributed by atoms with E-state index in [1.54, 1.807) is 24.7 Å². The molecule has 0 atom stereocenters. The third-order valence-electron chi connectivity index (χ3n) is 4.19. The number of carbonyl (C=O) groups is 1. The molecule has 2 N–H and O–H groups in total. The smallest absolute Gasteiger partial charge is 0.263 e. The molecule has 0 spiro atoms. The maximum atomic E-state index is 12.2. The number of carbonyl (C=O) groups excluding carboxylic acids is 1. The van der Waals surface area contributed by atoms with Crippen LogP contribution in [0.1, 0.15) is 48.2 Å². The number of hydrogen-bond donors (Lipinski definition) is 2. The zero-order valence-electron chi connectivity index (χ0n) is 13.7. The van der Waals surface area contributed by atoms with Gasteiger partial charge in [-0.15, -0.1) is 11.3 Å². The van der Waals surface area contributed by atoms with E-state index in [4.69, 9.17) is 0 Å². The van der Waals surface area contributed by atoms with E-state index in [1.807, 2.05) is 0 Å². The van der Waals surface area contributed by atoms with Gasteiger partial charge in [0.05, 0.1) is 6.20 Å². The number of thiazole rings is 1. The lowest BCUT2D eigenvalue weighted by atomic mass is 10.1. The lowest BCUT2D eigenvalue weighted by Gasteiger charge is -2.16. The Morgan fingerprint density at radius 2 is 1.83 bits per heavy atom. The maximum absolute atomic E-state index is 12.2. The Kier molecular flexibility index (Phi) is 6.26. The topological polar surface area (TPSA) is 79.8 Å². The molecular formula is C17H23N5OS. The molecule has 0 aromatic carbocycles. The summed E-state index contributed by atoms with van der Waals surface area (Å²) in [7, 11) is 0. The zero-order chi connectivity index (χ0) is 16.6. The monoisotopic (exact) mass is 345 g/mol. The number of nitrogens with one attached hydrogen (secondary N) is 2. The quantitative estimate of drug-likeness (QED) is 0.621. The van der Waals surface area contributed by atoms with E-state index >= 15 is 0 Å². The van der Waals surface area contributed by atoms with Crippen molar-refractivity contribution in [2.24, 2.45) is 0 Å². The van der Waals surface area contributed by atoms with Crippen LogP contribution in [0.3, 0.4) is 0 Å². The molecule has 24 heavy (non-hydrogen) atoms. The van der Waals surface area contributed by atoms with E-state index in [2.05, 4.69) is 25.6 Å².